The van der Waals surface area contributed by atoms with Crippen LogP contribution in [-0.2, 0) is 14.0 Å². The van der Waals surface area contributed by atoms with Gasteiger partial charge in [0.25, 0.3) is 0 Å². The number of esters is 1. The Balaban J connectivity index is 1.62. The van der Waals surface area contributed by atoms with E-state index in [-0.39, 0.29) is 0 Å². The lowest BCUT2D eigenvalue weighted by Gasteiger charge is -2.19. The number of hydrogen-bond acceptors (Lipinski definition) is 8. The predicted octanol–water partition coefficient (Wildman–Crippen LogP) is 3.84. The van der Waals surface area contributed by atoms with E-state index in [1.807, 2.05) is 26.8 Å². The monoisotopic (exact) mass is 458 g/mol. The van der Waals surface area contributed by atoms with Crippen molar-refractivity contribution in [3.63, 3.8) is 0 Å². The zero-order chi connectivity index (χ0) is 22.9. The van der Waals surface area contributed by atoms with Crippen LogP contribution < -0.4 is 16.1 Å². The standard InChI is InChI=1S/C22H28BClN4O4/c1-13-9-15(10-16(20(29)30-4)18(13)23-31-12-22(2,3)32-23)27-21-25-11-17(24)19(28-21)26-14-7-5-6-8-14/h9-11,14H,5-8,12H2,1-4H3,(H2,25,26,27,28). The van der Waals surface area contributed by atoms with Crippen LogP contribution in [0, 0.1) is 6.92 Å². The second-order valence-corrected chi connectivity index (χ2v) is 9.31. The molecule has 1 saturated carbocycles. The topological polar surface area (TPSA) is 94.6 Å². The van der Waals surface area contributed by atoms with Crippen LogP contribution in [0.1, 0.15) is 55.5 Å². The molecule has 0 spiro atoms. The summed E-state index contributed by atoms with van der Waals surface area (Å²) in [6, 6.07) is 3.98. The first-order chi connectivity index (χ1) is 15.3. The SMILES string of the molecule is COC(=O)c1cc(Nc2ncc(Cl)c(NC3CCCC3)n2)cc(C)c1B1OCC(C)(C)O1. The minimum absolute atomic E-state index is 0.371. The van der Waals surface area contributed by atoms with Crippen molar-refractivity contribution in [1.29, 1.82) is 0 Å². The van der Waals surface area contributed by atoms with Crippen molar-refractivity contribution in [2.45, 2.75) is 58.1 Å². The number of carbonyl (C=O) groups excluding carboxylic acids is 1. The summed E-state index contributed by atoms with van der Waals surface area (Å²) in [6.45, 7) is 6.24. The third-order valence-corrected chi connectivity index (χ3v) is 6.01. The van der Waals surface area contributed by atoms with Crippen molar-refractivity contribution in [3.05, 3.63) is 34.5 Å². The van der Waals surface area contributed by atoms with Crippen molar-refractivity contribution in [2.24, 2.45) is 0 Å². The molecule has 10 heteroatoms. The highest BCUT2D eigenvalue weighted by Gasteiger charge is 2.41. The molecule has 0 radical (unpaired) electrons. The van der Waals surface area contributed by atoms with Gasteiger partial charge in [-0.05, 0) is 56.8 Å². The summed E-state index contributed by atoms with van der Waals surface area (Å²) in [5.74, 6) is 0.518. The third-order valence-electron chi connectivity index (χ3n) is 5.73. The molecule has 0 amide bonds. The Morgan fingerprint density at radius 1 is 1.31 bits per heavy atom. The number of carbonyl (C=O) groups is 1. The van der Waals surface area contributed by atoms with Crippen molar-refractivity contribution >= 4 is 47.6 Å². The van der Waals surface area contributed by atoms with Crippen LogP contribution in [0.25, 0.3) is 0 Å². The fourth-order valence-corrected chi connectivity index (χ4v) is 4.31. The number of ether oxygens (including phenoxy) is 1. The van der Waals surface area contributed by atoms with E-state index in [1.54, 1.807) is 12.3 Å². The van der Waals surface area contributed by atoms with Crippen LogP contribution in [0.4, 0.5) is 17.5 Å². The van der Waals surface area contributed by atoms with Crippen LogP contribution in [0.5, 0.6) is 0 Å². The molecule has 1 saturated heterocycles. The smallest absolute Gasteiger partial charge is 0.465 e. The van der Waals surface area contributed by atoms with Gasteiger partial charge in [0.15, 0.2) is 5.82 Å². The van der Waals surface area contributed by atoms with Crippen LogP contribution in [-0.4, -0.2) is 48.4 Å². The molecule has 2 aliphatic rings. The van der Waals surface area contributed by atoms with Gasteiger partial charge >= 0.3 is 13.1 Å². The summed E-state index contributed by atoms with van der Waals surface area (Å²) < 4.78 is 16.8. The maximum Gasteiger partial charge on any atom is 0.495 e. The van der Waals surface area contributed by atoms with E-state index in [1.165, 1.54) is 20.0 Å². The molecule has 1 aliphatic heterocycles. The maximum atomic E-state index is 12.6. The van der Waals surface area contributed by atoms with Crippen molar-refractivity contribution in [1.82, 2.24) is 9.97 Å². The first kappa shape index (κ1) is 22.8. The average molecular weight is 459 g/mol. The van der Waals surface area contributed by atoms with Crippen LogP contribution >= 0.6 is 11.6 Å². The summed E-state index contributed by atoms with van der Waals surface area (Å²) in [6.07, 6.45) is 6.19. The lowest BCUT2D eigenvalue weighted by molar-refractivity contribution is 0.0601. The molecule has 2 N–H and O–H groups in total. The Morgan fingerprint density at radius 2 is 2.06 bits per heavy atom. The molecule has 4 rings (SSSR count). The molecule has 8 nitrogen and oxygen atoms in total. The van der Waals surface area contributed by atoms with Gasteiger partial charge in [-0.2, -0.15) is 4.98 Å². The largest absolute Gasteiger partial charge is 0.495 e. The Hall–Kier alpha value is -2.36. The Bertz CT molecular complexity index is 1010. The molecule has 0 bridgehead atoms. The molecular weight excluding hydrogens is 431 g/mol. The summed E-state index contributed by atoms with van der Waals surface area (Å²) in [7, 11) is 0.715. The van der Waals surface area contributed by atoms with Gasteiger partial charge < -0.3 is 24.7 Å². The Kier molecular flexibility index (Phi) is 6.60. The van der Waals surface area contributed by atoms with Gasteiger partial charge in [-0.1, -0.05) is 24.4 Å². The van der Waals surface area contributed by atoms with Crippen molar-refractivity contribution in [2.75, 3.05) is 24.4 Å². The summed E-state index contributed by atoms with van der Waals surface area (Å²) in [4.78, 5) is 21.4. The average Bonchev–Trinajstić information content (AvgIpc) is 3.38. The second kappa shape index (κ2) is 9.25. The van der Waals surface area contributed by atoms with Crippen molar-refractivity contribution < 1.29 is 18.8 Å². The minimum Gasteiger partial charge on any atom is -0.465 e. The molecule has 170 valence electrons. The lowest BCUT2D eigenvalue weighted by atomic mass is 9.73. The number of aryl methyl sites for hydroxylation is 1. The van der Waals surface area contributed by atoms with E-state index in [2.05, 4.69) is 20.6 Å². The molecule has 2 fully saturated rings. The molecule has 2 heterocycles. The van der Waals surface area contributed by atoms with Gasteiger partial charge in [0.1, 0.15) is 5.02 Å². The highest BCUT2D eigenvalue weighted by Crippen LogP contribution is 2.28. The maximum absolute atomic E-state index is 12.6. The Labute approximate surface area is 193 Å². The highest BCUT2D eigenvalue weighted by atomic mass is 35.5. The van der Waals surface area contributed by atoms with Gasteiger partial charge in [-0.25, -0.2) is 9.78 Å². The summed E-state index contributed by atoms with van der Waals surface area (Å²) >= 11 is 6.30. The number of nitrogens with zero attached hydrogens (tertiary/aromatic N) is 2. The number of anilines is 3. The Morgan fingerprint density at radius 3 is 2.72 bits per heavy atom. The first-order valence-corrected chi connectivity index (χ1v) is 11.2. The predicted molar refractivity (Wildman–Crippen MR) is 125 cm³/mol. The number of rotatable bonds is 6. The first-order valence-electron chi connectivity index (χ1n) is 10.8. The molecule has 1 aromatic heterocycles. The van der Waals surface area contributed by atoms with Gasteiger partial charge in [-0.3, -0.25) is 0 Å². The number of halogens is 1. The van der Waals surface area contributed by atoms with Crippen molar-refractivity contribution in [3.8, 4) is 0 Å². The molecular formula is C22H28BClN4O4. The molecule has 32 heavy (non-hydrogen) atoms. The van der Waals surface area contributed by atoms with Gasteiger partial charge in [0, 0.05) is 11.7 Å². The zero-order valence-electron chi connectivity index (χ0n) is 18.8. The fourth-order valence-electron chi connectivity index (χ4n) is 4.16. The quantitative estimate of drug-likeness (QED) is 0.498. The number of aromatic nitrogens is 2. The van der Waals surface area contributed by atoms with Crippen LogP contribution in [0.3, 0.4) is 0 Å². The second-order valence-electron chi connectivity index (χ2n) is 8.91. The number of hydrogen-bond donors (Lipinski definition) is 2. The molecule has 0 atom stereocenters. The van der Waals surface area contributed by atoms with E-state index in [0.29, 0.717) is 46.2 Å². The fraction of sp³-hybridized carbons (Fsp3) is 0.500. The molecule has 1 aromatic carbocycles. The van der Waals surface area contributed by atoms with E-state index >= 15 is 0 Å². The molecule has 2 aromatic rings. The van der Waals surface area contributed by atoms with E-state index in [0.717, 1.165) is 18.4 Å². The number of methoxy groups -OCH3 is 1. The number of benzene rings is 1. The van der Waals surface area contributed by atoms with Crippen LogP contribution in [0.15, 0.2) is 18.3 Å². The van der Waals surface area contributed by atoms with Gasteiger partial charge in [0.05, 0.1) is 31.1 Å². The highest BCUT2D eigenvalue weighted by molar-refractivity contribution is 6.64. The van der Waals surface area contributed by atoms with Gasteiger partial charge in [-0.15, -0.1) is 0 Å². The normalized spacial score (nSPS) is 18.1. The zero-order valence-corrected chi connectivity index (χ0v) is 19.6. The van der Waals surface area contributed by atoms with Crippen LogP contribution in [0.2, 0.25) is 5.02 Å². The van der Waals surface area contributed by atoms with Gasteiger partial charge in [0.2, 0.25) is 5.95 Å². The summed E-state index contributed by atoms with van der Waals surface area (Å²) in [5, 5.41) is 7.06. The molecule has 0 unspecified atom stereocenters. The minimum atomic E-state index is -0.637. The summed E-state index contributed by atoms with van der Waals surface area (Å²) in [5.41, 5.74) is 2.08. The van der Waals surface area contributed by atoms with E-state index in [9.17, 15) is 4.79 Å². The third kappa shape index (κ3) is 5.00. The lowest BCUT2D eigenvalue weighted by Crippen LogP contribution is -2.40. The number of nitrogens with one attached hydrogen (secondary N) is 2. The van der Waals surface area contributed by atoms with E-state index in [4.69, 9.17) is 25.6 Å². The van der Waals surface area contributed by atoms with E-state index < -0.39 is 18.7 Å². The molecule has 1 aliphatic carbocycles.